The van der Waals surface area contributed by atoms with Crippen molar-refractivity contribution in [2.24, 2.45) is 7.05 Å². The molecule has 13 heteroatoms. The van der Waals surface area contributed by atoms with Crippen molar-refractivity contribution in [2.75, 3.05) is 16.5 Å². The molecule has 1 aliphatic carbocycles. The van der Waals surface area contributed by atoms with E-state index in [1.807, 2.05) is 59.5 Å². The van der Waals surface area contributed by atoms with E-state index in [9.17, 15) is 23.3 Å². The van der Waals surface area contributed by atoms with Crippen LogP contribution in [0.2, 0.25) is 0 Å². The number of aromatic nitrogens is 4. The Balaban J connectivity index is 1.19. The van der Waals surface area contributed by atoms with Gasteiger partial charge in [-0.15, -0.1) is 0 Å². The second kappa shape index (κ2) is 14.7. The minimum atomic E-state index is -3.51. The largest absolute Gasteiger partial charge is 0.351 e. The number of sulfone groups is 1. The van der Waals surface area contributed by atoms with Crippen molar-refractivity contribution >= 4 is 27.5 Å². The van der Waals surface area contributed by atoms with E-state index < -0.39 is 9.84 Å². The summed E-state index contributed by atoms with van der Waals surface area (Å²) >= 11 is 0. The first-order chi connectivity index (χ1) is 24.1. The quantitative estimate of drug-likeness (QED) is 0.209. The van der Waals surface area contributed by atoms with Gasteiger partial charge in [-0.05, 0) is 66.6 Å². The molecule has 5 aromatic rings. The number of anilines is 2. The number of nitrogens with one attached hydrogen (secondary N) is 2. The topological polar surface area (TPSA) is 163 Å². The van der Waals surface area contributed by atoms with Gasteiger partial charge in [0.25, 0.3) is 0 Å². The second-order valence-electron chi connectivity index (χ2n) is 12.3. The van der Waals surface area contributed by atoms with Gasteiger partial charge in [-0.25, -0.2) is 23.2 Å². The zero-order valence-corrected chi connectivity index (χ0v) is 28.5. The van der Waals surface area contributed by atoms with Crippen LogP contribution in [0.4, 0.5) is 16.4 Å². The van der Waals surface area contributed by atoms with E-state index >= 15 is 0 Å². The molecule has 3 heterocycles. The van der Waals surface area contributed by atoms with Crippen LogP contribution >= 0.6 is 0 Å². The fourth-order valence-electron chi connectivity index (χ4n) is 6.10. The molecular formula is C37H36N8O4S. The number of aryl methyl sites for hydroxylation is 1. The Morgan fingerprint density at radius 3 is 2.36 bits per heavy atom. The molecular weight excluding hydrogens is 653 g/mol. The Morgan fingerprint density at radius 2 is 1.68 bits per heavy atom. The highest BCUT2D eigenvalue weighted by molar-refractivity contribution is 7.90. The highest BCUT2D eigenvalue weighted by Crippen LogP contribution is 2.31. The lowest BCUT2D eigenvalue weighted by atomic mass is 9.90. The Bertz CT molecular complexity index is 2210. The maximum atomic E-state index is 13.8. The first-order valence-corrected chi connectivity index (χ1v) is 18.1. The molecule has 0 bridgehead atoms. The maximum absolute atomic E-state index is 13.8. The summed E-state index contributed by atoms with van der Waals surface area (Å²) < 4.78 is 25.8. The summed E-state index contributed by atoms with van der Waals surface area (Å²) in [5.41, 5.74) is 4.41. The van der Waals surface area contributed by atoms with Crippen LogP contribution in [0.25, 0.3) is 22.4 Å². The van der Waals surface area contributed by atoms with Crippen LogP contribution in [0.3, 0.4) is 0 Å². The predicted octanol–water partition coefficient (Wildman–Crippen LogP) is 5.32. The summed E-state index contributed by atoms with van der Waals surface area (Å²) in [4.78, 5) is 40.6. The summed E-state index contributed by atoms with van der Waals surface area (Å²) in [6, 6.07) is 24.2. The van der Waals surface area contributed by atoms with Crippen LogP contribution in [0, 0.1) is 11.3 Å². The smallest absolute Gasteiger partial charge is 0.322 e. The third-order valence-electron chi connectivity index (χ3n) is 8.79. The average Bonchev–Trinajstić information content (AvgIpc) is 3.13. The van der Waals surface area contributed by atoms with Crippen LogP contribution in [0.15, 0.2) is 107 Å². The highest BCUT2D eigenvalue weighted by atomic mass is 32.2. The molecule has 0 radical (unpaired) electrons. The molecule has 254 valence electrons. The number of hydrogen-bond donors (Lipinski definition) is 2. The standard InChI is InChI=1S/C37H36N8O4S/c1-44-24-27(10-17-34(44)46)26-8-13-31(14-9-26)45(37(47)41-20-25-6-4-3-5-7-25)32-15-11-30(12-16-32)42-36-40-22-29(19-38)35(43-36)28-18-33(23-39-21-28)50(2,48)49/h3-10,13-14,17-18,21-24,30,32H,11-12,15-16,20H2,1-2H3,(H,41,47)(H,40,42,43). The van der Waals surface area contributed by atoms with Gasteiger partial charge in [0, 0.05) is 67.8 Å². The lowest BCUT2D eigenvalue weighted by molar-refractivity contribution is 0.240. The summed E-state index contributed by atoms with van der Waals surface area (Å²) in [7, 11) is -1.79. The molecule has 12 nitrogen and oxygen atoms in total. The van der Waals surface area contributed by atoms with Crippen molar-refractivity contribution in [3.05, 3.63) is 119 Å². The van der Waals surface area contributed by atoms with Gasteiger partial charge in [0.05, 0.1) is 22.3 Å². The molecule has 2 aromatic carbocycles. The van der Waals surface area contributed by atoms with E-state index in [0.717, 1.165) is 41.5 Å². The molecule has 0 saturated heterocycles. The van der Waals surface area contributed by atoms with Gasteiger partial charge in [0.2, 0.25) is 11.5 Å². The summed E-state index contributed by atoms with van der Waals surface area (Å²) in [6.07, 6.45) is 9.92. The number of pyridine rings is 2. The van der Waals surface area contributed by atoms with E-state index in [0.29, 0.717) is 36.6 Å². The van der Waals surface area contributed by atoms with E-state index in [1.54, 1.807) is 19.3 Å². The molecule has 0 unspecified atom stereocenters. The van der Waals surface area contributed by atoms with E-state index in [-0.39, 0.29) is 34.1 Å². The van der Waals surface area contributed by atoms with Crippen molar-refractivity contribution in [3.63, 3.8) is 0 Å². The predicted molar refractivity (Wildman–Crippen MR) is 191 cm³/mol. The third-order valence-corrected chi connectivity index (χ3v) is 9.87. The molecule has 3 aromatic heterocycles. The lowest BCUT2D eigenvalue weighted by Crippen LogP contribution is -2.48. The summed E-state index contributed by atoms with van der Waals surface area (Å²) in [5, 5.41) is 16.2. The number of hydrogen-bond acceptors (Lipinski definition) is 9. The number of carbonyl (C=O) groups excluding carboxylic acids is 1. The molecule has 6 rings (SSSR count). The van der Waals surface area contributed by atoms with Crippen molar-refractivity contribution < 1.29 is 13.2 Å². The van der Waals surface area contributed by atoms with E-state index in [2.05, 4.69) is 31.7 Å². The second-order valence-corrected chi connectivity index (χ2v) is 14.3. The zero-order chi connectivity index (χ0) is 35.3. The molecule has 0 aliphatic heterocycles. The van der Waals surface area contributed by atoms with Crippen LogP contribution in [0.1, 0.15) is 36.8 Å². The minimum Gasteiger partial charge on any atom is -0.351 e. The van der Waals surface area contributed by atoms with Crippen LogP contribution in [-0.2, 0) is 23.4 Å². The van der Waals surface area contributed by atoms with Crippen LogP contribution in [-0.4, -0.2) is 52.3 Å². The average molecular weight is 689 g/mol. The molecule has 0 spiro atoms. The number of nitrogens with zero attached hydrogens (tertiary/aromatic N) is 6. The molecule has 2 N–H and O–H groups in total. The Kier molecular flexibility index (Phi) is 10.0. The molecule has 1 aliphatic rings. The lowest BCUT2D eigenvalue weighted by Gasteiger charge is -2.37. The molecule has 1 saturated carbocycles. The summed E-state index contributed by atoms with van der Waals surface area (Å²) in [6.45, 7) is 0.393. The highest BCUT2D eigenvalue weighted by Gasteiger charge is 2.30. The fourth-order valence-corrected chi connectivity index (χ4v) is 6.69. The first-order valence-electron chi connectivity index (χ1n) is 16.2. The van der Waals surface area contributed by atoms with Gasteiger partial charge in [-0.1, -0.05) is 42.5 Å². The first kappa shape index (κ1) is 34.0. The van der Waals surface area contributed by atoms with Crippen molar-refractivity contribution in [3.8, 4) is 28.5 Å². The monoisotopic (exact) mass is 688 g/mol. The van der Waals surface area contributed by atoms with Gasteiger partial charge >= 0.3 is 6.03 Å². The molecule has 50 heavy (non-hydrogen) atoms. The third kappa shape index (κ3) is 7.88. The maximum Gasteiger partial charge on any atom is 0.322 e. The van der Waals surface area contributed by atoms with E-state index in [1.165, 1.54) is 35.3 Å². The Labute approximate surface area is 290 Å². The number of carbonyl (C=O) groups is 1. The van der Waals surface area contributed by atoms with Crippen LogP contribution in [0.5, 0.6) is 0 Å². The SMILES string of the molecule is Cn1cc(-c2ccc(N(C(=O)NCc3ccccc3)C3CCC(Nc4ncc(C#N)c(-c5cncc(S(C)(=O)=O)c5)n4)CC3)cc2)ccc1=O. The summed E-state index contributed by atoms with van der Waals surface area (Å²) in [5.74, 6) is 0.318. The van der Waals surface area contributed by atoms with Gasteiger partial charge in [0.1, 0.15) is 6.07 Å². The number of benzene rings is 2. The van der Waals surface area contributed by atoms with Crippen LogP contribution < -0.4 is 21.1 Å². The van der Waals surface area contributed by atoms with Gasteiger partial charge in [-0.3, -0.25) is 14.7 Å². The van der Waals surface area contributed by atoms with Gasteiger partial charge in [0.15, 0.2) is 9.84 Å². The number of rotatable bonds is 9. The number of amides is 2. The molecule has 2 amide bonds. The van der Waals surface area contributed by atoms with E-state index in [4.69, 9.17) is 0 Å². The Hall–Kier alpha value is -5.87. The Morgan fingerprint density at radius 1 is 0.960 bits per heavy atom. The number of urea groups is 1. The van der Waals surface area contributed by atoms with Crippen molar-refractivity contribution in [2.45, 2.75) is 49.2 Å². The number of nitriles is 1. The molecule has 0 atom stereocenters. The van der Waals surface area contributed by atoms with Gasteiger partial charge in [-0.2, -0.15) is 5.26 Å². The minimum absolute atomic E-state index is 0.00819. The van der Waals surface area contributed by atoms with Gasteiger partial charge < -0.3 is 15.2 Å². The zero-order valence-electron chi connectivity index (χ0n) is 27.7. The van der Waals surface area contributed by atoms with Crippen molar-refractivity contribution in [1.29, 1.82) is 5.26 Å². The van der Waals surface area contributed by atoms with Crippen molar-refractivity contribution in [1.82, 2.24) is 24.8 Å². The molecule has 1 fully saturated rings. The normalized spacial score (nSPS) is 15.9. The fraction of sp³-hybridized carbons (Fsp3) is 0.243.